The number of anilines is 1. The highest BCUT2D eigenvalue weighted by atomic mass is 16.2. The number of hydrazine groups is 1. The standard InChI is InChI=1S/C14H21N3O/c15-16-13-9-5-4-8-12(13)14(18)17-10-6-2-1-3-7-11-17/h4-5,8-9,16H,1-3,6-7,10-11,15H2. The van der Waals surface area contributed by atoms with Gasteiger partial charge in [0.25, 0.3) is 5.91 Å². The first-order valence-electron chi connectivity index (χ1n) is 6.68. The molecular formula is C14H21N3O. The number of hydrogen-bond donors (Lipinski definition) is 2. The van der Waals surface area contributed by atoms with E-state index in [9.17, 15) is 4.79 Å². The van der Waals surface area contributed by atoms with Gasteiger partial charge in [0.1, 0.15) is 0 Å². The molecule has 4 nitrogen and oxygen atoms in total. The van der Waals surface area contributed by atoms with Crippen molar-refractivity contribution in [3.8, 4) is 0 Å². The largest absolute Gasteiger partial charge is 0.339 e. The molecule has 1 aliphatic rings. The van der Waals surface area contributed by atoms with Gasteiger partial charge in [-0.15, -0.1) is 0 Å². The van der Waals surface area contributed by atoms with E-state index in [4.69, 9.17) is 5.84 Å². The normalized spacial score (nSPS) is 16.8. The number of nitrogens with one attached hydrogen (secondary N) is 1. The van der Waals surface area contributed by atoms with Crippen LogP contribution in [0.15, 0.2) is 24.3 Å². The third-order valence-corrected chi connectivity index (χ3v) is 3.46. The molecule has 1 fully saturated rings. The third kappa shape index (κ3) is 3.01. The Bertz CT molecular complexity index is 398. The lowest BCUT2D eigenvalue weighted by atomic mass is 10.1. The monoisotopic (exact) mass is 247 g/mol. The number of benzene rings is 1. The molecule has 0 unspecified atom stereocenters. The van der Waals surface area contributed by atoms with Gasteiger partial charge in [-0.2, -0.15) is 0 Å². The van der Waals surface area contributed by atoms with Gasteiger partial charge in [-0.3, -0.25) is 10.6 Å². The zero-order valence-electron chi connectivity index (χ0n) is 10.7. The smallest absolute Gasteiger partial charge is 0.256 e. The zero-order chi connectivity index (χ0) is 12.8. The number of nitrogens with two attached hydrogens (primary N) is 1. The van der Waals surface area contributed by atoms with Crippen LogP contribution in [-0.2, 0) is 0 Å². The summed E-state index contributed by atoms with van der Waals surface area (Å²) in [6.07, 6.45) is 5.94. The quantitative estimate of drug-likeness (QED) is 0.623. The van der Waals surface area contributed by atoms with Crippen LogP contribution in [-0.4, -0.2) is 23.9 Å². The number of hydrogen-bond acceptors (Lipinski definition) is 3. The summed E-state index contributed by atoms with van der Waals surface area (Å²) in [5.74, 6) is 5.54. The van der Waals surface area contributed by atoms with Gasteiger partial charge in [-0.05, 0) is 25.0 Å². The van der Waals surface area contributed by atoms with E-state index in [1.54, 1.807) is 0 Å². The Morgan fingerprint density at radius 2 is 1.67 bits per heavy atom. The van der Waals surface area contributed by atoms with E-state index in [0.29, 0.717) is 11.3 Å². The summed E-state index contributed by atoms with van der Waals surface area (Å²) in [6, 6.07) is 7.41. The molecule has 2 rings (SSSR count). The second-order valence-electron chi connectivity index (χ2n) is 4.75. The van der Waals surface area contributed by atoms with Crippen LogP contribution in [0.2, 0.25) is 0 Å². The predicted molar refractivity (Wildman–Crippen MR) is 73.2 cm³/mol. The number of nitrogen functional groups attached to an aromatic ring is 1. The molecule has 1 heterocycles. The third-order valence-electron chi connectivity index (χ3n) is 3.46. The van der Waals surface area contributed by atoms with Gasteiger partial charge in [0, 0.05) is 13.1 Å². The van der Waals surface area contributed by atoms with Gasteiger partial charge in [-0.25, -0.2) is 0 Å². The van der Waals surface area contributed by atoms with E-state index in [0.717, 1.165) is 25.9 Å². The van der Waals surface area contributed by atoms with Crippen molar-refractivity contribution in [3.05, 3.63) is 29.8 Å². The SMILES string of the molecule is NNc1ccccc1C(=O)N1CCCCCCC1. The first-order valence-corrected chi connectivity index (χ1v) is 6.68. The topological polar surface area (TPSA) is 58.4 Å². The van der Waals surface area contributed by atoms with Gasteiger partial charge in [-0.1, -0.05) is 31.4 Å². The van der Waals surface area contributed by atoms with E-state index in [2.05, 4.69) is 5.43 Å². The molecule has 0 saturated carbocycles. The number of amides is 1. The van der Waals surface area contributed by atoms with Crippen LogP contribution in [0, 0.1) is 0 Å². The highest BCUT2D eigenvalue weighted by Gasteiger charge is 2.18. The molecule has 4 heteroatoms. The molecule has 1 aliphatic heterocycles. The molecule has 0 aliphatic carbocycles. The molecule has 1 aromatic carbocycles. The van der Waals surface area contributed by atoms with Crippen molar-refractivity contribution in [3.63, 3.8) is 0 Å². The Morgan fingerprint density at radius 1 is 1.06 bits per heavy atom. The van der Waals surface area contributed by atoms with Crippen molar-refractivity contribution in [2.45, 2.75) is 32.1 Å². The Morgan fingerprint density at radius 3 is 2.33 bits per heavy atom. The molecule has 0 aromatic heterocycles. The molecular weight excluding hydrogens is 226 g/mol. The minimum atomic E-state index is 0.0884. The van der Waals surface area contributed by atoms with E-state index in [1.165, 1.54) is 19.3 Å². The summed E-state index contributed by atoms with van der Waals surface area (Å²) in [5.41, 5.74) is 3.96. The summed E-state index contributed by atoms with van der Waals surface area (Å²) in [5, 5.41) is 0. The van der Waals surface area contributed by atoms with Crippen LogP contribution in [0.4, 0.5) is 5.69 Å². The molecule has 18 heavy (non-hydrogen) atoms. The van der Waals surface area contributed by atoms with Gasteiger partial charge in [0.2, 0.25) is 0 Å². The highest BCUT2D eigenvalue weighted by molar-refractivity contribution is 5.99. The van der Waals surface area contributed by atoms with Crippen LogP contribution < -0.4 is 11.3 Å². The van der Waals surface area contributed by atoms with Crippen molar-refractivity contribution in [2.75, 3.05) is 18.5 Å². The van der Waals surface area contributed by atoms with Gasteiger partial charge in [0.15, 0.2) is 0 Å². The summed E-state index contributed by atoms with van der Waals surface area (Å²) >= 11 is 0. The number of para-hydroxylation sites is 1. The van der Waals surface area contributed by atoms with Crippen LogP contribution in [0.1, 0.15) is 42.5 Å². The van der Waals surface area contributed by atoms with Crippen molar-refractivity contribution < 1.29 is 4.79 Å². The maximum atomic E-state index is 12.5. The second-order valence-corrected chi connectivity index (χ2v) is 4.75. The average Bonchev–Trinajstić information content (AvgIpc) is 2.37. The van der Waals surface area contributed by atoms with Crippen molar-refractivity contribution in [2.24, 2.45) is 5.84 Å². The second kappa shape index (κ2) is 6.40. The first kappa shape index (κ1) is 12.9. The molecule has 1 aromatic rings. The van der Waals surface area contributed by atoms with Crippen LogP contribution >= 0.6 is 0 Å². The van der Waals surface area contributed by atoms with E-state index in [1.807, 2.05) is 29.2 Å². The highest BCUT2D eigenvalue weighted by Crippen LogP contribution is 2.18. The lowest BCUT2D eigenvalue weighted by molar-refractivity contribution is 0.0743. The lowest BCUT2D eigenvalue weighted by Gasteiger charge is -2.25. The first-order chi connectivity index (χ1) is 8.83. The Labute approximate surface area is 108 Å². The fourth-order valence-corrected chi connectivity index (χ4v) is 2.42. The number of rotatable bonds is 2. The van der Waals surface area contributed by atoms with E-state index in [-0.39, 0.29) is 5.91 Å². The van der Waals surface area contributed by atoms with Crippen LogP contribution in [0.3, 0.4) is 0 Å². The molecule has 0 bridgehead atoms. The molecule has 1 amide bonds. The fourth-order valence-electron chi connectivity index (χ4n) is 2.42. The van der Waals surface area contributed by atoms with Crippen LogP contribution in [0.5, 0.6) is 0 Å². The number of nitrogens with zero attached hydrogens (tertiary/aromatic N) is 1. The number of carbonyl (C=O) groups is 1. The Kier molecular flexibility index (Phi) is 4.59. The predicted octanol–water partition coefficient (Wildman–Crippen LogP) is 2.38. The average molecular weight is 247 g/mol. The minimum Gasteiger partial charge on any atom is -0.339 e. The van der Waals surface area contributed by atoms with E-state index < -0.39 is 0 Å². The zero-order valence-corrected chi connectivity index (χ0v) is 10.7. The van der Waals surface area contributed by atoms with Gasteiger partial charge in [0.05, 0.1) is 11.3 Å². The summed E-state index contributed by atoms with van der Waals surface area (Å²) in [6.45, 7) is 1.72. The van der Waals surface area contributed by atoms with E-state index >= 15 is 0 Å². The van der Waals surface area contributed by atoms with Gasteiger partial charge < -0.3 is 10.3 Å². The lowest BCUT2D eigenvalue weighted by Crippen LogP contribution is -2.34. The Hall–Kier alpha value is -1.55. The number of carbonyl (C=O) groups excluding carboxylic acids is 1. The molecule has 0 spiro atoms. The maximum absolute atomic E-state index is 12.5. The minimum absolute atomic E-state index is 0.0884. The van der Waals surface area contributed by atoms with Crippen molar-refractivity contribution >= 4 is 11.6 Å². The summed E-state index contributed by atoms with van der Waals surface area (Å²) in [7, 11) is 0. The van der Waals surface area contributed by atoms with Crippen molar-refractivity contribution in [1.29, 1.82) is 0 Å². The Balaban J connectivity index is 2.13. The molecule has 1 saturated heterocycles. The summed E-state index contributed by atoms with van der Waals surface area (Å²) in [4.78, 5) is 14.4. The molecule has 0 atom stereocenters. The molecule has 98 valence electrons. The van der Waals surface area contributed by atoms with Crippen molar-refractivity contribution in [1.82, 2.24) is 4.90 Å². The summed E-state index contributed by atoms with van der Waals surface area (Å²) < 4.78 is 0. The molecule has 0 radical (unpaired) electrons. The number of likely N-dealkylation sites (tertiary alicyclic amines) is 1. The molecule has 3 N–H and O–H groups in total. The maximum Gasteiger partial charge on any atom is 0.256 e. The fraction of sp³-hybridized carbons (Fsp3) is 0.500. The van der Waals surface area contributed by atoms with Crippen LogP contribution in [0.25, 0.3) is 0 Å². The van der Waals surface area contributed by atoms with Gasteiger partial charge >= 0.3 is 0 Å².